The van der Waals surface area contributed by atoms with Gasteiger partial charge in [-0.3, -0.25) is 0 Å². The third-order valence-corrected chi connectivity index (χ3v) is 1.37. The van der Waals surface area contributed by atoms with Crippen molar-refractivity contribution in [3.05, 3.63) is 0 Å². The molecule has 86 valence electrons. The van der Waals surface area contributed by atoms with Crippen molar-refractivity contribution in [2.45, 2.75) is 59.4 Å². The van der Waals surface area contributed by atoms with Crippen LogP contribution in [0.25, 0.3) is 0 Å². The summed E-state index contributed by atoms with van der Waals surface area (Å²) < 4.78 is 15.8. The molecule has 2 unspecified atom stereocenters. The lowest BCUT2D eigenvalue weighted by molar-refractivity contribution is -0.355. The highest BCUT2D eigenvalue weighted by molar-refractivity contribution is 4.58. The van der Waals surface area contributed by atoms with Crippen LogP contribution in [0.4, 0.5) is 0 Å². The van der Waals surface area contributed by atoms with Crippen molar-refractivity contribution in [3.63, 3.8) is 0 Å². The third kappa shape index (κ3) is 7.26. The normalized spacial score (nSPS) is 16.7. The van der Waals surface area contributed by atoms with Gasteiger partial charge < -0.3 is 19.3 Å². The molecular formula is C10H22O4. The molecule has 0 aromatic carbocycles. The SMILES string of the molecule is CCOC(OC(O)CC)OC(C)(C)C. The fraction of sp³-hybridized carbons (Fsp3) is 1.00. The molecule has 0 amide bonds. The van der Waals surface area contributed by atoms with Gasteiger partial charge in [0.05, 0.1) is 5.60 Å². The molecular weight excluding hydrogens is 184 g/mol. The topological polar surface area (TPSA) is 47.9 Å². The van der Waals surface area contributed by atoms with Crippen LogP contribution in [0.1, 0.15) is 41.0 Å². The van der Waals surface area contributed by atoms with Crippen LogP contribution in [0.2, 0.25) is 0 Å². The minimum Gasteiger partial charge on any atom is -0.368 e. The highest BCUT2D eigenvalue weighted by Gasteiger charge is 2.21. The second-order valence-electron chi connectivity index (χ2n) is 3.97. The molecule has 0 saturated carbocycles. The largest absolute Gasteiger partial charge is 0.368 e. The van der Waals surface area contributed by atoms with Crippen LogP contribution in [0.3, 0.4) is 0 Å². The van der Waals surface area contributed by atoms with Gasteiger partial charge in [-0.15, -0.1) is 0 Å². The second-order valence-corrected chi connectivity index (χ2v) is 3.97. The number of aliphatic hydroxyl groups excluding tert-OH is 1. The first-order valence-corrected chi connectivity index (χ1v) is 5.02. The van der Waals surface area contributed by atoms with Gasteiger partial charge in [-0.25, -0.2) is 0 Å². The predicted octanol–water partition coefficient (Wildman–Crippen LogP) is 1.87. The molecule has 4 heteroatoms. The van der Waals surface area contributed by atoms with Gasteiger partial charge in [-0.2, -0.15) is 0 Å². The van der Waals surface area contributed by atoms with E-state index >= 15 is 0 Å². The van der Waals surface area contributed by atoms with Crippen LogP contribution in [0.15, 0.2) is 0 Å². The van der Waals surface area contributed by atoms with E-state index in [1.807, 2.05) is 34.6 Å². The monoisotopic (exact) mass is 206 g/mol. The molecule has 0 fully saturated rings. The molecule has 0 aliphatic carbocycles. The molecule has 0 rings (SSSR count). The molecule has 1 N–H and O–H groups in total. The number of hydrogen-bond donors (Lipinski definition) is 1. The molecule has 0 spiro atoms. The van der Waals surface area contributed by atoms with Crippen LogP contribution in [-0.4, -0.2) is 30.1 Å². The molecule has 0 radical (unpaired) electrons. The smallest absolute Gasteiger partial charge is 0.274 e. The summed E-state index contributed by atoms with van der Waals surface area (Å²) >= 11 is 0. The molecule has 0 aromatic heterocycles. The zero-order valence-electron chi connectivity index (χ0n) is 9.74. The first-order valence-electron chi connectivity index (χ1n) is 5.02. The van der Waals surface area contributed by atoms with Crippen molar-refractivity contribution >= 4 is 0 Å². The molecule has 0 aliphatic heterocycles. The molecule has 0 aliphatic rings. The molecule has 0 bridgehead atoms. The summed E-state index contributed by atoms with van der Waals surface area (Å²) in [4.78, 5) is 0. The highest BCUT2D eigenvalue weighted by atomic mass is 16.9. The van der Waals surface area contributed by atoms with Crippen LogP contribution in [0.5, 0.6) is 0 Å². The Morgan fingerprint density at radius 2 is 1.79 bits per heavy atom. The molecule has 2 atom stereocenters. The van der Waals surface area contributed by atoms with Gasteiger partial charge in [0.1, 0.15) is 0 Å². The standard InChI is InChI=1S/C10H22O4/c1-6-8(11)13-9(12-7-2)14-10(3,4)5/h8-9,11H,6-7H2,1-5H3. The van der Waals surface area contributed by atoms with Gasteiger partial charge >= 0.3 is 0 Å². The fourth-order valence-electron chi connectivity index (χ4n) is 0.750. The molecule has 0 heterocycles. The quantitative estimate of drug-likeness (QED) is 0.674. The summed E-state index contributed by atoms with van der Waals surface area (Å²) in [6.45, 7) is 9.07. The molecule has 4 nitrogen and oxygen atoms in total. The van der Waals surface area contributed by atoms with Crippen molar-refractivity contribution < 1.29 is 19.3 Å². The average Bonchev–Trinajstić information content (AvgIpc) is 2.01. The maximum absolute atomic E-state index is 9.27. The number of rotatable bonds is 6. The van der Waals surface area contributed by atoms with E-state index in [9.17, 15) is 5.11 Å². The molecule has 0 saturated heterocycles. The summed E-state index contributed by atoms with van der Waals surface area (Å²) in [7, 11) is 0. The van der Waals surface area contributed by atoms with Crippen LogP contribution >= 0.6 is 0 Å². The Bertz CT molecular complexity index is 142. The van der Waals surface area contributed by atoms with Crippen LogP contribution in [0, 0.1) is 0 Å². The van der Waals surface area contributed by atoms with Crippen molar-refractivity contribution in [3.8, 4) is 0 Å². The third-order valence-electron chi connectivity index (χ3n) is 1.37. The van der Waals surface area contributed by atoms with Gasteiger partial charge in [0, 0.05) is 6.61 Å². The first-order chi connectivity index (χ1) is 6.39. The Labute approximate surface area is 86.2 Å². The number of hydrogen-bond acceptors (Lipinski definition) is 4. The average molecular weight is 206 g/mol. The predicted molar refractivity (Wildman–Crippen MR) is 53.6 cm³/mol. The van der Waals surface area contributed by atoms with Crippen molar-refractivity contribution in [2.24, 2.45) is 0 Å². The molecule has 14 heavy (non-hydrogen) atoms. The maximum Gasteiger partial charge on any atom is 0.274 e. The van der Waals surface area contributed by atoms with E-state index in [2.05, 4.69) is 0 Å². The first kappa shape index (κ1) is 13.8. The van der Waals surface area contributed by atoms with Gasteiger partial charge in [-0.1, -0.05) is 6.92 Å². The highest BCUT2D eigenvalue weighted by Crippen LogP contribution is 2.14. The van der Waals surface area contributed by atoms with E-state index in [1.165, 1.54) is 0 Å². The summed E-state index contributed by atoms with van der Waals surface area (Å²) in [5.74, 6) is 0. The Kier molecular flexibility index (Phi) is 6.27. The Balaban J connectivity index is 4.01. The van der Waals surface area contributed by atoms with E-state index in [0.717, 1.165) is 0 Å². The lowest BCUT2D eigenvalue weighted by atomic mass is 10.2. The fourth-order valence-corrected chi connectivity index (χ4v) is 0.750. The zero-order chi connectivity index (χ0) is 11.2. The van der Waals surface area contributed by atoms with Gasteiger partial charge in [0.2, 0.25) is 0 Å². The lowest BCUT2D eigenvalue weighted by Crippen LogP contribution is -2.34. The van der Waals surface area contributed by atoms with Crippen LogP contribution < -0.4 is 0 Å². The minimum absolute atomic E-state index is 0.354. The van der Waals surface area contributed by atoms with E-state index < -0.39 is 12.8 Å². The summed E-state index contributed by atoms with van der Waals surface area (Å²) in [6.07, 6.45) is -0.328. The minimum atomic E-state index is -0.839. The van der Waals surface area contributed by atoms with E-state index in [4.69, 9.17) is 14.2 Å². The zero-order valence-corrected chi connectivity index (χ0v) is 9.74. The number of ether oxygens (including phenoxy) is 3. The Morgan fingerprint density at radius 3 is 2.14 bits per heavy atom. The lowest BCUT2D eigenvalue weighted by Gasteiger charge is -2.28. The van der Waals surface area contributed by atoms with Crippen molar-refractivity contribution in [1.82, 2.24) is 0 Å². The van der Waals surface area contributed by atoms with Crippen molar-refractivity contribution in [2.75, 3.05) is 6.61 Å². The summed E-state index contributed by atoms with van der Waals surface area (Å²) in [6, 6.07) is 0. The number of aliphatic hydroxyl groups is 1. The molecule has 0 aromatic rings. The van der Waals surface area contributed by atoms with Crippen LogP contribution in [-0.2, 0) is 14.2 Å². The van der Waals surface area contributed by atoms with Crippen molar-refractivity contribution in [1.29, 1.82) is 0 Å². The van der Waals surface area contributed by atoms with Gasteiger partial charge in [-0.05, 0) is 34.1 Å². The summed E-state index contributed by atoms with van der Waals surface area (Å²) in [5.41, 5.74) is -0.354. The maximum atomic E-state index is 9.27. The van der Waals surface area contributed by atoms with Gasteiger partial charge in [0.25, 0.3) is 6.48 Å². The van der Waals surface area contributed by atoms with E-state index in [1.54, 1.807) is 0 Å². The Hall–Kier alpha value is -0.160. The van der Waals surface area contributed by atoms with Gasteiger partial charge in [0.15, 0.2) is 6.29 Å². The van der Waals surface area contributed by atoms with E-state index in [0.29, 0.717) is 13.0 Å². The summed E-state index contributed by atoms with van der Waals surface area (Å²) in [5, 5.41) is 9.27. The van der Waals surface area contributed by atoms with E-state index in [-0.39, 0.29) is 5.60 Å². The Morgan fingerprint density at radius 1 is 1.21 bits per heavy atom. The second kappa shape index (κ2) is 6.35.